The smallest absolute Gasteiger partial charge is 0.271 e. The molecule has 1 aromatic carbocycles. The molecule has 25 heavy (non-hydrogen) atoms. The number of nitrogens with zero attached hydrogens (tertiary/aromatic N) is 4. The zero-order valence-corrected chi connectivity index (χ0v) is 14.0. The van der Waals surface area contributed by atoms with Crippen LogP contribution in [0.1, 0.15) is 23.0 Å². The van der Waals surface area contributed by atoms with E-state index in [4.69, 9.17) is 0 Å². The molecule has 3 aromatic rings. The molecule has 0 unspecified atom stereocenters. The molecule has 1 amide bonds. The Kier molecular flexibility index (Phi) is 5.31. The first-order valence-corrected chi connectivity index (χ1v) is 8.09. The fourth-order valence-electron chi connectivity index (χ4n) is 2.44. The predicted octanol–water partition coefficient (Wildman–Crippen LogP) is 2.96. The molecule has 0 radical (unpaired) electrons. The van der Waals surface area contributed by atoms with Gasteiger partial charge in [-0.2, -0.15) is 0 Å². The molecule has 0 fully saturated rings. The first kappa shape index (κ1) is 16.6. The molecule has 0 aliphatic carbocycles. The lowest BCUT2D eigenvalue weighted by Gasteiger charge is -2.21. The minimum atomic E-state index is -0.259. The van der Waals surface area contributed by atoms with E-state index in [0.717, 1.165) is 17.8 Å². The van der Waals surface area contributed by atoms with Gasteiger partial charge >= 0.3 is 0 Å². The highest BCUT2D eigenvalue weighted by atomic mass is 16.1. The van der Waals surface area contributed by atoms with Gasteiger partial charge in [0, 0.05) is 31.2 Å². The van der Waals surface area contributed by atoms with Gasteiger partial charge in [0.1, 0.15) is 5.69 Å². The molecule has 3 rings (SSSR count). The van der Waals surface area contributed by atoms with E-state index in [0.29, 0.717) is 12.4 Å². The van der Waals surface area contributed by atoms with Crippen molar-refractivity contribution in [1.29, 1.82) is 0 Å². The molecular formula is C19H19N5O. The standard InChI is InChI=1S/C19H19N5O/c1-2-24(16-8-4-3-5-9-16)18-14-21-17(13-22-18)19(25)23-12-15-7-6-10-20-11-15/h3-11,13-14H,2,12H2,1H3,(H,23,25). The summed E-state index contributed by atoms with van der Waals surface area (Å²) in [7, 11) is 0. The average molecular weight is 333 g/mol. The van der Waals surface area contributed by atoms with Crippen LogP contribution >= 0.6 is 0 Å². The van der Waals surface area contributed by atoms with Crippen LogP contribution in [0.15, 0.2) is 67.3 Å². The van der Waals surface area contributed by atoms with Gasteiger partial charge in [-0.25, -0.2) is 9.97 Å². The Morgan fingerprint density at radius 1 is 1.04 bits per heavy atom. The molecule has 6 heteroatoms. The van der Waals surface area contributed by atoms with Gasteiger partial charge in [0.05, 0.1) is 12.4 Å². The molecule has 0 aliphatic rings. The molecule has 0 atom stereocenters. The Bertz CT molecular complexity index is 806. The second-order valence-electron chi connectivity index (χ2n) is 5.38. The molecule has 0 spiro atoms. The average Bonchev–Trinajstić information content (AvgIpc) is 2.69. The van der Waals surface area contributed by atoms with Crippen molar-refractivity contribution in [3.05, 3.63) is 78.5 Å². The van der Waals surface area contributed by atoms with Crippen LogP contribution in [0.2, 0.25) is 0 Å². The van der Waals surface area contributed by atoms with Gasteiger partial charge in [0.15, 0.2) is 5.82 Å². The molecule has 0 saturated heterocycles. The zero-order valence-electron chi connectivity index (χ0n) is 14.0. The number of para-hydroxylation sites is 1. The van der Waals surface area contributed by atoms with E-state index in [1.54, 1.807) is 18.6 Å². The Hall–Kier alpha value is -3.28. The van der Waals surface area contributed by atoms with Crippen LogP contribution in [0.5, 0.6) is 0 Å². The Morgan fingerprint density at radius 3 is 2.52 bits per heavy atom. The van der Waals surface area contributed by atoms with Crippen molar-refractivity contribution < 1.29 is 4.79 Å². The quantitative estimate of drug-likeness (QED) is 0.751. The number of anilines is 2. The third-order valence-electron chi connectivity index (χ3n) is 3.71. The predicted molar refractivity (Wildman–Crippen MR) is 96.6 cm³/mol. The monoisotopic (exact) mass is 333 g/mol. The molecule has 1 N–H and O–H groups in total. The lowest BCUT2D eigenvalue weighted by Crippen LogP contribution is -2.24. The summed E-state index contributed by atoms with van der Waals surface area (Å²) in [5, 5.41) is 2.81. The number of carbonyl (C=O) groups excluding carboxylic acids is 1. The minimum absolute atomic E-state index is 0.259. The lowest BCUT2D eigenvalue weighted by molar-refractivity contribution is 0.0945. The molecular weight excluding hydrogens is 314 g/mol. The molecule has 126 valence electrons. The maximum atomic E-state index is 12.2. The second-order valence-corrected chi connectivity index (χ2v) is 5.38. The fraction of sp³-hybridized carbons (Fsp3) is 0.158. The molecule has 0 aliphatic heterocycles. The molecule has 0 saturated carbocycles. The van der Waals surface area contributed by atoms with Gasteiger partial charge < -0.3 is 10.2 Å². The van der Waals surface area contributed by atoms with Crippen molar-refractivity contribution in [3.8, 4) is 0 Å². The number of carbonyl (C=O) groups is 1. The van der Waals surface area contributed by atoms with Gasteiger partial charge in [0.25, 0.3) is 5.91 Å². The molecule has 2 aromatic heterocycles. The lowest BCUT2D eigenvalue weighted by atomic mass is 10.3. The number of pyridine rings is 1. The van der Waals surface area contributed by atoms with Crippen molar-refractivity contribution in [2.75, 3.05) is 11.4 Å². The van der Waals surface area contributed by atoms with Crippen molar-refractivity contribution in [1.82, 2.24) is 20.3 Å². The fourth-order valence-corrected chi connectivity index (χ4v) is 2.44. The van der Waals surface area contributed by atoms with E-state index in [-0.39, 0.29) is 11.6 Å². The summed E-state index contributed by atoms with van der Waals surface area (Å²) in [5.74, 6) is 0.447. The number of hydrogen-bond acceptors (Lipinski definition) is 5. The van der Waals surface area contributed by atoms with E-state index >= 15 is 0 Å². The van der Waals surface area contributed by atoms with Crippen LogP contribution < -0.4 is 10.2 Å². The number of rotatable bonds is 6. The van der Waals surface area contributed by atoms with Crippen LogP contribution in [0.4, 0.5) is 11.5 Å². The van der Waals surface area contributed by atoms with Gasteiger partial charge in [-0.05, 0) is 30.7 Å². The van der Waals surface area contributed by atoms with Crippen molar-refractivity contribution in [3.63, 3.8) is 0 Å². The number of amides is 1. The van der Waals surface area contributed by atoms with Gasteiger partial charge in [-0.15, -0.1) is 0 Å². The number of aromatic nitrogens is 3. The summed E-state index contributed by atoms with van der Waals surface area (Å²) >= 11 is 0. The minimum Gasteiger partial charge on any atom is -0.347 e. The number of benzene rings is 1. The summed E-state index contributed by atoms with van der Waals surface area (Å²) in [5.41, 5.74) is 2.26. The highest BCUT2D eigenvalue weighted by Crippen LogP contribution is 2.21. The molecule has 6 nitrogen and oxygen atoms in total. The number of nitrogens with one attached hydrogen (secondary N) is 1. The Morgan fingerprint density at radius 2 is 1.88 bits per heavy atom. The summed E-state index contributed by atoms with van der Waals surface area (Å²) in [6.45, 7) is 3.20. The maximum absolute atomic E-state index is 12.2. The van der Waals surface area contributed by atoms with Crippen molar-refractivity contribution >= 4 is 17.4 Å². The van der Waals surface area contributed by atoms with Crippen LogP contribution in [-0.4, -0.2) is 27.4 Å². The van der Waals surface area contributed by atoms with E-state index in [1.165, 1.54) is 6.20 Å². The topological polar surface area (TPSA) is 71.0 Å². The highest BCUT2D eigenvalue weighted by Gasteiger charge is 2.12. The van der Waals surface area contributed by atoms with Crippen LogP contribution in [0.3, 0.4) is 0 Å². The second kappa shape index (κ2) is 8.01. The molecule has 2 heterocycles. The largest absolute Gasteiger partial charge is 0.347 e. The van der Waals surface area contributed by atoms with E-state index in [2.05, 4.69) is 20.3 Å². The van der Waals surface area contributed by atoms with Gasteiger partial charge in [-0.1, -0.05) is 24.3 Å². The van der Waals surface area contributed by atoms with Gasteiger partial charge in [0.2, 0.25) is 0 Å². The first-order valence-electron chi connectivity index (χ1n) is 8.09. The summed E-state index contributed by atoms with van der Waals surface area (Å²) in [6.07, 6.45) is 6.53. The SMILES string of the molecule is CCN(c1ccccc1)c1cnc(C(=O)NCc2cccnc2)cn1. The summed E-state index contributed by atoms with van der Waals surface area (Å²) in [4.78, 5) is 26.9. The molecule has 0 bridgehead atoms. The Balaban J connectivity index is 1.68. The zero-order chi connectivity index (χ0) is 17.5. The third-order valence-corrected chi connectivity index (χ3v) is 3.71. The van der Waals surface area contributed by atoms with Crippen molar-refractivity contribution in [2.24, 2.45) is 0 Å². The summed E-state index contributed by atoms with van der Waals surface area (Å²) in [6, 6.07) is 13.7. The van der Waals surface area contributed by atoms with E-state index in [9.17, 15) is 4.79 Å². The first-order chi connectivity index (χ1) is 12.3. The van der Waals surface area contributed by atoms with Crippen LogP contribution in [-0.2, 0) is 6.54 Å². The van der Waals surface area contributed by atoms with Crippen LogP contribution in [0, 0.1) is 0 Å². The van der Waals surface area contributed by atoms with E-state index in [1.807, 2.05) is 54.3 Å². The Labute approximate surface area is 146 Å². The maximum Gasteiger partial charge on any atom is 0.271 e. The number of hydrogen-bond donors (Lipinski definition) is 1. The summed E-state index contributed by atoms with van der Waals surface area (Å²) < 4.78 is 0. The third kappa shape index (κ3) is 4.17. The normalized spacial score (nSPS) is 10.3. The van der Waals surface area contributed by atoms with Crippen molar-refractivity contribution in [2.45, 2.75) is 13.5 Å². The van der Waals surface area contributed by atoms with Gasteiger partial charge in [-0.3, -0.25) is 9.78 Å². The van der Waals surface area contributed by atoms with E-state index < -0.39 is 0 Å². The highest BCUT2D eigenvalue weighted by molar-refractivity contribution is 5.92. The van der Waals surface area contributed by atoms with Crippen LogP contribution in [0.25, 0.3) is 0 Å².